The fraction of sp³-hybridized carbons (Fsp3) is 0.300. The first-order valence-electron chi connectivity index (χ1n) is 9.13. The maximum Gasteiger partial charge on any atom is 0.248 e. The zero-order valence-corrected chi connectivity index (χ0v) is 17.3. The Hall–Kier alpha value is -3.07. The number of amides is 2. The van der Waals surface area contributed by atoms with Crippen molar-refractivity contribution < 1.29 is 18.0 Å². The van der Waals surface area contributed by atoms with Crippen molar-refractivity contribution in [2.45, 2.75) is 32.4 Å². The second kappa shape index (κ2) is 7.75. The third-order valence-corrected chi connectivity index (χ3v) is 5.44. The van der Waals surface area contributed by atoms with E-state index in [4.69, 9.17) is 5.73 Å². The highest BCUT2D eigenvalue weighted by atomic mass is 32.2. The molecule has 0 saturated heterocycles. The molecular weight excluding hydrogens is 392 g/mol. The van der Waals surface area contributed by atoms with E-state index in [1.165, 1.54) is 6.92 Å². The molecule has 8 nitrogen and oxygen atoms in total. The van der Waals surface area contributed by atoms with Crippen LogP contribution in [0.25, 0.3) is 0 Å². The fourth-order valence-corrected chi connectivity index (χ4v) is 4.25. The number of benzene rings is 2. The second-order valence-electron chi connectivity index (χ2n) is 7.26. The van der Waals surface area contributed by atoms with Gasteiger partial charge in [0.05, 0.1) is 12.3 Å². The maximum absolute atomic E-state index is 12.2. The van der Waals surface area contributed by atoms with Gasteiger partial charge in [-0.2, -0.15) is 0 Å². The SMILES string of the molecule is CC(=O)N1c2ccc(C(N)=O)cc2[C@@H](Nc2ccc(NS(C)(=O)=O)cc2)C[C@H]1C. The summed E-state index contributed by atoms with van der Waals surface area (Å²) in [6.45, 7) is 3.49. The number of nitrogens with two attached hydrogens (primary N) is 1. The number of hydrogen-bond acceptors (Lipinski definition) is 5. The van der Waals surface area contributed by atoms with Gasteiger partial charge in [-0.05, 0) is 61.4 Å². The lowest BCUT2D eigenvalue weighted by atomic mass is 9.90. The fourth-order valence-electron chi connectivity index (χ4n) is 3.68. The molecule has 29 heavy (non-hydrogen) atoms. The number of rotatable bonds is 5. The summed E-state index contributed by atoms with van der Waals surface area (Å²) in [5.74, 6) is -0.601. The van der Waals surface area contributed by atoms with Gasteiger partial charge in [0, 0.05) is 35.6 Å². The van der Waals surface area contributed by atoms with Crippen LogP contribution in [0, 0.1) is 0 Å². The summed E-state index contributed by atoms with van der Waals surface area (Å²) in [4.78, 5) is 25.5. The number of sulfonamides is 1. The van der Waals surface area contributed by atoms with Crippen LogP contribution < -0.4 is 20.7 Å². The molecule has 0 fully saturated rings. The monoisotopic (exact) mass is 416 g/mol. The lowest BCUT2D eigenvalue weighted by molar-refractivity contribution is -0.117. The van der Waals surface area contributed by atoms with Crippen molar-refractivity contribution >= 4 is 38.9 Å². The van der Waals surface area contributed by atoms with E-state index < -0.39 is 15.9 Å². The summed E-state index contributed by atoms with van der Waals surface area (Å²) in [6, 6.07) is 11.8. The van der Waals surface area contributed by atoms with Gasteiger partial charge in [0.2, 0.25) is 21.8 Å². The summed E-state index contributed by atoms with van der Waals surface area (Å²) in [6.07, 6.45) is 1.73. The van der Waals surface area contributed by atoms with E-state index >= 15 is 0 Å². The average Bonchev–Trinajstić information content (AvgIpc) is 2.61. The minimum absolute atomic E-state index is 0.0388. The Morgan fingerprint density at radius 3 is 2.28 bits per heavy atom. The van der Waals surface area contributed by atoms with Crippen molar-refractivity contribution in [3.8, 4) is 0 Å². The summed E-state index contributed by atoms with van der Waals surface area (Å²) in [5, 5.41) is 3.42. The van der Waals surface area contributed by atoms with Crippen LogP contribution in [-0.4, -0.2) is 32.5 Å². The largest absolute Gasteiger partial charge is 0.378 e. The lowest BCUT2D eigenvalue weighted by Gasteiger charge is -2.39. The molecule has 2 aromatic carbocycles. The molecule has 0 aliphatic carbocycles. The molecule has 1 aliphatic heterocycles. The van der Waals surface area contributed by atoms with Crippen molar-refractivity contribution in [2.75, 3.05) is 21.2 Å². The maximum atomic E-state index is 12.2. The van der Waals surface area contributed by atoms with Crippen molar-refractivity contribution in [1.29, 1.82) is 0 Å². The minimum Gasteiger partial charge on any atom is -0.378 e. The molecule has 0 aromatic heterocycles. The zero-order chi connectivity index (χ0) is 21.3. The standard InChI is InChI=1S/C20H24N4O4S/c1-12-10-18(22-15-5-7-16(8-6-15)23-29(3,27)28)17-11-14(20(21)26)4-9-19(17)24(12)13(2)25/h4-9,11-12,18,22-23H,10H2,1-3H3,(H2,21,26)/t12-,18+/m1/s1. The van der Waals surface area contributed by atoms with Crippen LogP contribution >= 0.6 is 0 Å². The molecule has 0 spiro atoms. The predicted octanol–water partition coefficient (Wildman–Crippen LogP) is 2.46. The van der Waals surface area contributed by atoms with Crippen molar-refractivity contribution in [3.05, 3.63) is 53.6 Å². The Morgan fingerprint density at radius 2 is 1.72 bits per heavy atom. The molecule has 2 aromatic rings. The zero-order valence-electron chi connectivity index (χ0n) is 16.5. The number of carbonyl (C=O) groups excluding carboxylic acids is 2. The third-order valence-electron chi connectivity index (χ3n) is 4.83. The van der Waals surface area contributed by atoms with Crippen LogP contribution in [-0.2, 0) is 14.8 Å². The summed E-state index contributed by atoms with van der Waals surface area (Å²) in [7, 11) is -3.34. The van der Waals surface area contributed by atoms with Gasteiger partial charge >= 0.3 is 0 Å². The number of carbonyl (C=O) groups is 2. The van der Waals surface area contributed by atoms with Crippen molar-refractivity contribution in [1.82, 2.24) is 0 Å². The van der Waals surface area contributed by atoms with Crippen LogP contribution in [0.2, 0.25) is 0 Å². The highest BCUT2D eigenvalue weighted by molar-refractivity contribution is 7.92. The number of nitrogens with zero attached hydrogens (tertiary/aromatic N) is 1. The first kappa shape index (κ1) is 20.7. The summed E-state index contributed by atoms with van der Waals surface area (Å²) < 4.78 is 25.1. The Bertz CT molecular complexity index is 1050. The Kier molecular flexibility index (Phi) is 5.52. The molecule has 4 N–H and O–H groups in total. The molecule has 0 saturated carbocycles. The van der Waals surface area contributed by atoms with Crippen molar-refractivity contribution in [3.63, 3.8) is 0 Å². The molecule has 9 heteroatoms. The highest BCUT2D eigenvalue weighted by Crippen LogP contribution is 2.39. The van der Waals surface area contributed by atoms with Gasteiger partial charge in [0.25, 0.3) is 0 Å². The quantitative estimate of drug-likeness (QED) is 0.691. The molecule has 0 unspecified atom stereocenters. The molecule has 3 rings (SSSR count). The van der Waals surface area contributed by atoms with E-state index in [2.05, 4.69) is 10.0 Å². The van der Waals surface area contributed by atoms with E-state index in [-0.39, 0.29) is 18.0 Å². The van der Waals surface area contributed by atoms with Gasteiger partial charge in [-0.25, -0.2) is 8.42 Å². The number of hydrogen-bond donors (Lipinski definition) is 3. The van der Waals surface area contributed by atoms with E-state index in [0.717, 1.165) is 23.2 Å². The topological polar surface area (TPSA) is 122 Å². The third kappa shape index (κ3) is 4.68. The molecule has 1 aliphatic rings. The first-order chi connectivity index (χ1) is 13.5. The van der Waals surface area contributed by atoms with Gasteiger partial charge in [0.1, 0.15) is 0 Å². The molecule has 1 heterocycles. The van der Waals surface area contributed by atoms with E-state index in [1.54, 1.807) is 47.4 Å². The Morgan fingerprint density at radius 1 is 1.10 bits per heavy atom. The van der Waals surface area contributed by atoms with E-state index in [9.17, 15) is 18.0 Å². The van der Waals surface area contributed by atoms with Crippen LogP contribution in [0.5, 0.6) is 0 Å². The van der Waals surface area contributed by atoms with Crippen molar-refractivity contribution in [2.24, 2.45) is 5.73 Å². The predicted molar refractivity (Wildman–Crippen MR) is 113 cm³/mol. The second-order valence-corrected chi connectivity index (χ2v) is 9.01. The molecule has 0 bridgehead atoms. The first-order valence-corrected chi connectivity index (χ1v) is 11.0. The number of primary amides is 1. The Balaban J connectivity index is 1.93. The molecule has 2 amide bonds. The van der Waals surface area contributed by atoms with Gasteiger partial charge < -0.3 is 16.0 Å². The van der Waals surface area contributed by atoms with Gasteiger partial charge in [0.15, 0.2) is 0 Å². The molecule has 154 valence electrons. The van der Waals surface area contributed by atoms with Gasteiger partial charge in [-0.1, -0.05) is 0 Å². The highest BCUT2D eigenvalue weighted by Gasteiger charge is 2.32. The Labute approximate surface area is 170 Å². The molecule has 2 atom stereocenters. The van der Waals surface area contributed by atoms with Crippen LogP contribution in [0.3, 0.4) is 0 Å². The van der Waals surface area contributed by atoms with E-state index in [0.29, 0.717) is 17.7 Å². The van der Waals surface area contributed by atoms with Crippen LogP contribution in [0.4, 0.5) is 17.1 Å². The lowest BCUT2D eigenvalue weighted by Crippen LogP contribution is -2.43. The number of anilines is 3. The molecule has 0 radical (unpaired) electrons. The minimum atomic E-state index is -3.34. The van der Waals surface area contributed by atoms with Crippen LogP contribution in [0.15, 0.2) is 42.5 Å². The van der Waals surface area contributed by atoms with E-state index in [1.807, 2.05) is 6.92 Å². The normalized spacial score (nSPS) is 18.7. The molecular formula is C20H24N4O4S. The number of fused-ring (bicyclic) bond motifs is 1. The average molecular weight is 417 g/mol. The summed E-state index contributed by atoms with van der Waals surface area (Å²) in [5.41, 5.74) is 8.62. The summed E-state index contributed by atoms with van der Waals surface area (Å²) >= 11 is 0. The number of nitrogens with one attached hydrogen (secondary N) is 2. The van der Waals surface area contributed by atoms with Gasteiger partial charge in [-0.3, -0.25) is 14.3 Å². The smallest absolute Gasteiger partial charge is 0.248 e. The van der Waals surface area contributed by atoms with Gasteiger partial charge in [-0.15, -0.1) is 0 Å². The van der Waals surface area contributed by atoms with Crippen LogP contribution in [0.1, 0.15) is 42.2 Å².